The van der Waals surface area contributed by atoms with Crippen molar-refractivity contribution in [2.24, 2.45) is 0 Å². The standard InChI is InChI=1S/C16H19N3O3/c1-10-12(11(2)19-18-10)8-9-15(20)17-14-7-5-4-6-13(14)16(21)22-3/h4-7H,8-9H2,1-3H3,(H,17,20)(H,18,19). The second-order valence-corrected chi connectivity index (χ2v) is 5.00. The maximum Gasteiger partial charge on any atom is 0.339 e. The number of aromatic amines is 1. The highest BCUT2D eigenvalue weighted by Crippen LogP contribution is 2.17. The number of nitrogens with one attached hydrogen (secondary N) is 2. The SMILES string of the molecule is COC(=O)c1ccccc1NC(=O)CCc1c(C)n[nH]c1C. The summed E-state index contributed by atoms with van der Waals surface area (Å²) in [5.41, 5.74) is 3.73. The zero-order valence-electron chi connectivity index (χ0n) is 12.9. The second-order valence-electron chi connectivity index (χ2n) is 5.00. The van der Waals surface area contributed by atoms with Crippen molar-refractivity contribution >= 4 is 17.6 Å². The van der Waals surface area contributed by atoms with Crippen LogP contribution in [0.15, 0.2) is 24.3 Å². The molecule has 116 valence electrons. The number of hydrogen-bond donors (Lipinski definition) is 2. The number of H-pyrrole nitrogens is 1. The average Bonchev–Trinajstić information content (AvgIpc) is 2.83. The van der Waals surface area contributed by atoms with Gasteiger partial charge in [-0.3, -0.25) is 9.89 Å². The summed E-state index contributed by atoms with van der Waals surface area (Å²) < 4.78 is 4.71. The maximum absolute atomic E-state index is 12.1. The first-order chi connectivity index (χ1) is 10.5. The molecular weight excluding hydrogens is 282 g/mol. The third-order valence-corrected chi connectivity index (χ3v) is 3.49. The number of carbonyl (C=O) groups excluding carboxylic acids is 2. The van der Waals surface area contributed by atoms with Gasteiger partial charge in [-0.1, -0.05) is 12.1 Å². The monoisotopic (exact) mass is 301 g/mol. The molecule has 2 aromatic rings. The maximum atomic E-state index is 12.1. The van der Waals surface area contributed by atoms with Crippen molar-refractivity contribution in [2.45, 2.75) is 26.7 Å². The Bertz CT molecular complexity index is 672. The van der Waals surface area contributed by atoms with Gasteiger partial charge in [0.05, 0.1) is 24.1 Å². The van der Waals surface area contributed by atoms with Gasteiger partial charge >= 0.3 is 5.97 Å². The van der Waals surface area contributed by atoms with E-state index in [2.05, 4.69) is 15.5 Å². The third-order valence-electron chi connectivity index (χ3n) is 3.49. The van der Waals surface area contributed by atoms with Crippen LogP contribution in [0.4, 0.5) is 5.69 Å². The van der Waals surface area contributed by atoms with Crippen LogP contribution < -0.4 is 5.32 Å². The molecule has 0 saturated heterocycles. The molecule has 0 aliphatic heterocycles. The number of aromatic nitrogens is 2. The van der Waals surface area contributed by atoms with Crippen molar-refractivity contribution in [3.05, 3.63) is 46.8 Å². The van der Waals surface area contributed by atoms with Gasteiger partial charge in [-0.15, -0.1) is 0 Å². The lowest BCUT2D eigenvalue weighted by Crippen LogP contribution is -2.15. The highest BCUT2D eigenvalue weighted by Gasteiger charge is 2.14. The first-order valence-electron chi connectivity index (χ1n) is 7.00. The molecule has 0 bridgehead atoms. The summed E-state index contributed by atoms with van der Waals surface area (Å²) in [7, 11) is 1.31. The minimum atomic E-state index is -0.475. The lowest BCUT2D eigenvalue weighted by molar-refractivity contribution is -0.116. The zero-order chi connectivity index (χ0) is 16.1. The molecule has 0 saturated carbocycles. The van der Waals surface area contributed by atoms with Crippen molar-refractivity contribution in [1.82, 2.24) is 10.2 Å². The fourth-order valence-corrected chi connectivity index (χ4v) is 2.27. The molecule has 0 atom stereocenters. The fourth-order valence-electron chi connectivity index (χ4n) is 2.27. The topological polar surface area (TPSA) is 84.1 Å². The van der Waals surface area contributed by atoms with Crippen LogP contribution in [0.3, 0.4) is 0 Å². The number of nitrogens with zero attached hydrogens (tertiary/aromatic N) is 1. The van der Waals surface area contributed by atoms with Crippen molar-refractivity contribution < 1.29 is 14.3 Å². The summed E-state index contributed by atoms with van der Waals surface area (Å²) in [6.07, 6.45) is 0.914. The molecule has 0 unspecified atom stereocenters. The van der Waals surface area contributed by atoms with Gasteiger partial charge in [-0.25, -0.2) is 4.79 Å². The van der Waals surface area contributed by atoms with Crippen LogP contribution in [0.25, 0.3) is 0 Å². The van der Waals surface area contributed by atoms with E-state index in [1.807, 2.05) is 13.8 Å². The van der Waals surface area contributed by atoms with Crippen LogP contribution in [0.2, 0.25) is 0 Å². The van der Waals surface area contributed by atoms with Crippen LogP contribution in [0.1, 0.15) is 33.7 Å². The Morgan fingerprint density at radius 1 is 1.27 bits per heavy atom. The third kappa shape index (κ3) is 3.52. The van der Waals surface area contributed by atoms with Gasteiger partial charge in [0.25, 0.3) is 0 Å². The lowest BCUT2D eigenvalue weighted by atomic mass is 10.1. The Hall–Kier alpha value is -2.63. The van der Waals surface area contributed by atoms with Crippen LogP contribution >= 0.6 is 0 Å². The molecule has 6 nitrogen and oxygen atoms in total. The molecule has 0 aliphatic carbocycles. The van der Waals surface area contributed by atoms with E-state index in [1.165, 1.54) is 7.11 Å². The number of hydrogen-bond acceptors (Lipinski definition) is 4. The predicted octanol–water partition coefficient (Wildman–Crippen LogP) is 2.38. The van der Waals surface area contributed by atoms with Gasteiger partial charge in [0, 0.05) is 12.1 Å². The van der Waals surface area contributed by atoms with Crippen LogP contribution in [-0.2, 0) is 16.0 Å². The minimum Gasteiger partial charge on any atom is -0.465 e. The molecule has 1 amide bonds. The Labute approximate surface area is 128 Å². The van der Waals surface area contributed by atoms with E-state index in [1.54, 1.807) is 24.3 Å². The molecule has 22 heavy (non-hydrogen) atoms. The van der Waals surface area contributed by atoms with Crippen molar-refractivity contribution in [1.29, 1.82) is 0 Å². The van der Waals surface area contributed by atoms with Gasteiger partial charge in [0.1, 0.15) is 0 Å². The molecule has 0 radical (unpaired) electrons. The number of esters is 1. The predicted molar refractivity (Wildman–Crippen MR) is 82.8 cm³/mol. The van der Waals surface area contributed by atoms with Crippen LogP contribution in [0, 0.1) is 13.8 Å². The Balaban J connectivity index is 2.02. The summed E-state index contributed by atoms with van der Waals surface area (Å²) in [5.74, 6) is -0.631. The number of para-hydroxylation sites is 1. The Morgan fingerprint density at radius 2 is 2.00 bits per heavy atom. The first-order valence-corrected chi connectivity index (χ1v) is 7.00. The van der Waals surface area contributed by atoms with Crippen molar-refractivity contribution in [3.63, 3.8) is 0 Å². The van der Waals surface area contributed by atoms with Gasteiger partial charge in [-0.2, -0.15) is 5.10 Å². The Morgan fingerprint density at radius 3 is 2.64 bits per heavy atom. The summed E-state index contributed by atoms with van der Waals surface area (Å²) in [6.45, 7) is 3.84. The van der Waals surface area contributed by atoms with Crippen molar-refractivity contribution in [3.8, 4) is 0 Å². The highest BCUT2D eigenvalue weighted by atomic mass is 16.5. The van der Waals surface area contributed by atoms with E-state index in [4.69, 9.17) is 4.74 Å². The number of aryl methyl sites for hydroxylation is 2. The molecular formula is C16H19N3O3. The van der Waals surface area contributed by atoms with Gasteiger partial charge < -0.3 is 10.1 Å². The summed E-state index contributed by atoms with van der Waals surface area (Å²) in [6, 6.07) is 6.77. The number of rotatable bonds is 5. The summed E-state index contributed by atoms with van der Waals surface area (Å²) >= 11 is 0. The summed E-state index contributed by atoms with van der Waals surface area (Å²) in [5, 5.41) is 9.76. The van der Waals surface area contributed by atoms with Crippen molar-refractivity contribution in [2.75, 3.05) is 12.4 Å². The second kappa shape index (κ2) is 6.89. The molecule has 0 spiro atoms. The first kappa shape index (κ1) is 15.8. The van der Waals surface area contributed by atoms with E-state index in [0.717, 1.165) is 17.0 Å². The lowest BCUT2D eigenvalue weighted by Gasteiger charge is -2.09. The molecule has 1 aromatic heterocycles. The average molecular weight is 301 g/mol. The molecule has 0 aliphatic rings. The largest absolute Gasteiger partial charge is 0.465 e. The summed E-state index contributed by atoms with van der Waals surface area (Å²) in [4.78, 5) is 23.8. The number of methoxy groups -OCH3 is 1. The molecule has 6 heteroatoms. The molecule has 1 aromatic carbocycles. The number of benzene rings is 1. The van der Waals surface area contributed by atoms with Gasteiger partial charge in [0.2, 0.25) is 5.91 Å². The number of ether oxygens (including phenoxy) is 1. The quantitative estimate of drug-likeness (QED) is 0.830. The Kier molecular flexibility index (Phi) is 4.93. The van der Waals surface area contributed by atoms with E-state index in [9.17, 15) is 9.59 Å². The van der Waals surface area contributed by atoms with Gasteiger partial charge in [-0.05, 0) is 38.0 Å². The van der Waals surface area contributed by atoms with E-state index < -0.39 is 5.97 Å². The van der Waals surface area contributed by atoms with Gasteiger partial charge in [0.15, 0.2) is 0 Å². The fraction of sp³-hybridized carbons (Fsp3) is 0.312. The van der Waals surface area contributed by atoms with E-state index in [-0.39, 0.29) is 5.91 Å². The zero-order valence-corrected chi connectivity index (χ0v) is 12.9. The normalized spacial score (nSPS) is 10.3. The minimum absolute atomic E-state index is 0.156. The molecule has 1 heterocycles. The number of carbonyl (C=O) groups is 2. The molecule has 2 rings (SSSR count). The number of amides is 1. The smallest absolute Gasteiger partial charge is 0.339 e. The molecule has 0 fully saturated rings. The van der Waals surface area contributed by atoms with E-state index >= 15 is 0 Å². The highest BCUT2D eigenvalue weighted by molar-refractivity contribution is 6.01. The van der Waals surface area contributed by atoms with Crippen LogP contribution in [-0.4, -0.2) is 29.2 Å². The van der Waals surface area contributed by atoms with E-state index in [0.29, 0.717) is 24.1 Å². The molecule has 2 N–H and O–H groups in total. The van der Waals surface area contributed by atoms with Crippen LogP contribution in [0.5, 0.6) is 0 Å². The number of anilines is 1.